The van der Waals surface area contributed by atoms with Crippen LogP contribution >= 0.6 is 11.3 Å². The normalized spacial score (nSPS) is 20.1. The van der Waals surface area contributed by atoms with Crippen LogP contribution in [0.15, 0.2) is 41.8 Å². The maximum atomic E-state index is 13.2. The van der Waals surface area contributed by atoms with Crippen LogP contribution in [0, 0.1) is 5.82 Å². The van der Waals surface area contributed by atoms with Crippen molar-refractivity contribution >= 4 is 17.2 Å². The minimum Gasteiger partial charge on any atom is -0.340 e. The second-order valence-corrected chi connectivity index (χ2v) is 7.47. The van der Waals surface area contributed by atoms with Gasteiger partial charge in [0.05, 0.1) is 0 Å². The number of halogens is 1. The van der Waals surface area contributed by atoms with Gasteiger partial charge in [-0.1, -0.05) is 18.2 Å². The Morgan fingerprint density at radius 3 is 2.67 bits per heavy atom. The fourth-order valence-electron chi connectivity index (χ4n) is 3.15. The maximum absolute atomic E-state index is 13.2. The van der Waals surface area contributed by atoms with Crippen LogP contribution < -0.4 is 0 Å². The zero-order valence-electron chi connectivity index (χ0n) is 14.1. The Kier molecular flexibility index (Phi) is 5.31. The summed E-state index contributed by atoms with van der Waals surface area (Å²) in [5.74, 6) is -0.0753. The van der Waals surface area contributed by atoms with Crippen LogP contribution in [0.5, 0.6) is 0 Å². The van der Waals surface area contributed by atoms with Crippen LogP contribution in [0.2, 0.25) is 0 Å². The lowest BCUT2D eigenvalue weighted by molar-refractivity contribution is -0.134. The molecule has 24 heavy (non-hydrogen) atoms. The zero-order valence-corrected chi connectivity index (χ0v) is 14.9. The Hall–Kier alpha value is -1.72. The zero-order chi connectivity index (χ0) is 17.1. The highest BCUT2D eigenvalue weighted by Gasteiger charge is 2.27. The predicted molar refractivity (Wildman–Crippen MR) is 95.9 cm³/mol. The molecule has 0 radical (unpaired) electrons. The second-order valence-electron chi connectivity index (χ2n) is 6.49. The summed E-state index contributed by atoms with van der Waals surface area (Å²) in [6.45, 7) is 4.61. The highest BCUT2D eigenvalue weighted by molar-refractivity contribution is 7.10. The van der Waals surface area contributed by atoms with Crippen LogP contribution in [0.1, 0.15) is 29.7 Å². The first-order valence-electron chi connectivity index (χ1n) is 8.31. The standard InChI is InChI=1S/C19H23FN2OS/c1-14-13-22(10-9-21(14)2)19(23)12-17(18-4-3-11-24-18)15-5-7-16(20)8-6-15/h3-8,11,14,17H,9-10,12-13H2,1-2H3. The molecule has 2 atom stereocenters. The number of thiophene rings is 1. The Labute approximate surface area is 146 Å². The Balaban J connectivity index is 1.77. The SMILES string of the molecule is CC1CN(C(=O)CC(c2ccc(F)cc2)c2cccs2)CCN1C. The van der Waals surface area contributed by atoms with Gasteiger partial charge in [0.2, 0.25) is 5.91 Å². The van der Waals surface area contributed by atoms with E-state index in [-0.39, 0.29) is 17.6 Å². The molecule has 2 aromatic rings. The van der Waals surface area contributed by atoms with Crippen LogP contribution in [0.3, 0.4) is 0 Å². The molecule has 1 aliphatic heterocycles. The molecule has 3 nitrogen and oxygen atoms in total. The van der Waals surface area contributed by atoms with E-state index >= 15 is 0 Å². The molecule has 0 spiro atoms. The van der Waals surface area contributed by atoms with Crippen molar-refractivity contribution in [1.82, 2.24) is 9.80 Å². The summed E-state index contributed by atoms with van der Waals surface area (Å²) in [6.07, 6.45) is 0.433. The molecule has 128 valence electrons. The molecule has 1 fully saturated rings. The molecule has 5 heteroatoms. The molecule has 1 amide bonds. The Bertz CT molecular complexity index is 671. The summed E-state index contributed by atoms with van der Waals surface area (Å²) in [4.78, 5) is 18.2. The van der Waals surface area contributed by atoms with Gasteiger partial charge >= 0.3 is 0 Å². The molecule has 0 bridgehead atoms. The van der Waals surface area contributed by atoms with Crippen molar-refractivity contribution < 1.29 is 9.18 Å². The summed E-state index contributed by atoms with van der Waals surface area (Å²) in [7, 11) is 2.10. The van der Waals surface area contributed by atoms with E-state index < -0.39 is 0 Å². The van der Waals surface area contributed by atoms with Crippen molar-refractivity contribution in [2.75, 3.05) is 26.7 Å². The van der Waals surface area contributed by atoms with Crippen molar-refractivity contribution in [2.24, 2.45) is 0 Å². The first-order valence-corrected chi connectivity index (χ1v) is 9.19. The molecule has 0 saturated carbocycles. The van der Waals surface area contributed by atoms with E-state index in [4.69, 9.17) is 0 Å². The molecule has 1 saturated heterocycles. The summed E-state index contributed by atoms with van der Waals surface area (Å²) < 4.78 is 13.2. The average molecular weight is 346 g/mol. The number of likely N-dealkylation sites (N-methyl/N-ethyl adjacent to an activating group) is 1. The van der Waals surface area contributed by atoms with Crippen LogP contribution in [0.25, 0.3) is 0 Å². The van der Waals surface area contributed by atoms with Crippen molar-refractivity contribution in [3.8, 4) is 0 Å². The third-order valence-electron chi connectivity index (χ3n) is 4.85. The monoisotopic (exact) mass is 346 g/mol. The van der Waals surface area contributed by atoms with Gasteiger partial charge in [-0.2, -0.15) is 0 Å². The van der Waals surface area contributed by atoms with Crippen molar-refractivity contribution in [3.05, 3.63) is 58.0 Å². The third kappa shape index (κ3) is 3.84. The lowest BCUT2D eigenvalue weighted by atomic mass is 9.93. The van der Waals surface area contributed by atoms with Crippen molar-refractivity contribution in [3.63, 3.8) is 0 Å². The number of nitrogens with zero attached hydrogens (tertiary/aromatic N) is 2. The van der Waals surface area contributed by atoms with Crippen molar-refractivity contribution in [1.29, 1.82) is 0 Å². The topological polar surface area (TPSA) is 23.6 Å². The van der Waals surface area contributed by atoms with Gasteiger partial charge in [0.25, 0.3) is 0 Å². The van der Waals surface area contributed by atoms with E-state index in [1.165, 1.54) is 12.1 Å². The maximum Gasteiger partial charge on any atom is 0.223 e. The number of hydrogen-bond acceptors (Lipinski definition) is 3. The molecule has 2 heterocycles. The van der Waals surface area contributed by atoms with Gasteiger partial charge in [-0.25, -0.2) is 4.39 Å². The molecule has 1 aliphatic rings. The molecule has 1 aromatic heterocycles. The average Bonchev–Trinajstić information content (AvgIpc) is 3.10. The third-order valence-corrected chi connectivity index (χ3v) is 5.84. The molecule has 2 unspecified atom stereocenters. The predicted octanol–water partition coefficient (Wildman–Crippen LogP) is 3.57. The van der Waals surface area contributed by atoms with Gasteiger partial charge < -0.3 is 9.80 Å². The smallest absolute Gasteiger partial charge is 0.223 e. The van der Waals surface area contributed by atoms with E-state index in [1.54, 1.807) is 23.5 Å². The summed E-state index contributed by atoms with van der Waals surface area (Å²) in [6, 6.07) is 11.0. The first-order chi connectivity index (χ1) is 11.5. The Morgan fingerprint density at radius 2 is 2.04 bits per heavy atom. The lowest BCUT2D eigenvalue weighted by Crippen LogP contribution is -2.52. The first kappa shape index (κ1) is 17.1. The number of piperazine rings is 1. The van der Waals surface area contributed by atoms with E-state index in [9.17, 15) is 9.18 Å². The number of rotatable bonds is 4. The van der Waals surface area contributed by atoms with E-state index in [0.29, 0.717) is 12.5 Å². The highest BCUT2D eigenvalue weighted by Crippen LogP contribution is 2.32. The number of carbonyl (C=O) groups is 1. The van der Waals surface area contributed by atoms with Crippen LogP contribution in [0.4, 0.5) is 4.39 Å². The minimum absolute atomic E-state index is 0.00642. The van der Waals surface area contributed by atoms with Gasteiger partial charge in [0.15, 0.2) is 0 Å². The fraction of sp³-hybridized carbons (Fsp3) is 0.421. The summed E-state index contributed by atoms with van der Waals surface area (Å²) in [5, 5.41) is 2.02. The number of hydrogen-bond donors (Lipinski definition) is 0. The Morgan fingerprint density at radius 1 is 1.29 bits per heavy atom. The molecule has 0 N–H and O–H groups in total. The second kappa shape index (κ2) is 7.45. The van der Waals surface area contributed by atoms with Gasteiger partial charge in [0, 0.05) is 42.9 Å². The number of carbonyl (C=O) groups excluding carboxylic acids is 1. The summed E-state index contributed by atoms with van der Waals surface area (Å²) >= 11 is 1.65. The van der Waals surface area contributed by atoms with Gasteiger partial charge in [-0.05, 0) is 43.1 Å². The molecular formula is C19H23FN2OS. The van der Waals surface area contributed by atoms with Crippen LogP contribution in [-0.2, 0) is 4.79 Å². The van der Waals surface area contributed by atoms with E-state index in [2.05, 4.69) is 24.9 Å². The summed E-state index contributed by atoms with van der Waals surface area (Å²) in [5.41, 5.74) is 0.995. The van der Waals surface area contributed by atoms with Crippen molar-refractivity contribution in [2.45, 2.75) is 25.3 Å². The molecule has 0 aliphatic carbocycles. The van der Waals surface area contributed by atoms with E-state index in [1.807, 2.05) is 16.3 Å². The van der Waals surface area contributed by atoms with Gasteiger partial charge in [-0.15, -0.1) is 11.3 Å². The van der Waals surface area contributed by atoms with Gasteiger partial charge in [-0.3, -0.25) is 4.79 Å². The molecular weight excluding hydrogens is 323 g/mol. The highest BCUT2D eigenvalue weighted by atomic mass is 32.1. The fourth-order valence-corrected chi connectivity index (χ4v) is 4.00. The van der Waals surface area contributed by atoms with Crippen LogP contribution in [-0.4, -0.2) is 48.4 Å². The minimum atomic E-state index is -0.247. The number of benzene rings is 1. The molecule has 1 aromatic carbocycles. The quantitative estimate of drug-likeness (QED) is 0.845. The lowest BCUT2D eigenvalue weighted by Gasteiger charge is -2.38. The molecule has 3 rings (SSSR count). The number of amides is 1. The largest absolute Gasteiger partial charge is 0.340 e. The van der Waals surface area contributed by atoms with Gasteiger partial charge in [0.1, 0.15) is 5.82 Å². The van der Waals surface area contributed by atoms with E-state index in [0.717, 1.165) is 30.1 Å².